The molecule has 0 bridgehead atoms. The molecule has 5 N–H and O–H groups in total. The number of nitrogens with one attached hydrogen (secondary N) is 2. The smallest absolute Gasteiger partial charge is 0.273 e. The molecule has 6 heteroatoms. The third-order valence-corrected chi connectivity index (χ3v) is 4.08. The van der Waals surface area contributed by atoms with Crippen molar-refractivity contribution in [3.8, 4) is 0 Å². The molecule has 0 unspecified atom stereocenters. The third kappa shape index (κ3) is 2.73. The summed E-state index contributed by atoms with van der Waals surface area (Å²) in [6, 6.07) is 0. The first kappa shape index (κ1) is 13.9. The van der Waals surface area contributed by atoms with E-state index in [4.69, 9.17) is 5.73 Å². The van der Waals surface area contributed by atoms with Crippen molar-refractivity contribution in [3.63, 3.8) is 0 Å². The van der Waals surface area contributed by atoms with Crippen LogP contribution in [0.15, 0.2) is 0 Å². The Bertz CT molecular complexity index is 449. The van der Waals surface area contributed by atoms with E-state index in [9.17, 15) is 9.90 Å². The normalized spacial score (nSPS) is 17.6. The molecule has 1 aliphatic carbocycles. The van der Waals surface area contributed by atoms with Gasteiger partial charge in [-0.05, 0) is 19.3 Å². The molecule has 6 nitrogen and oxygen atoms in total. The van der Waals surface area contributed by atoms with Crippen molar-refractivity contribution in [3.05, 3.63) is 11.4 Å². The Balaban J connectivity index is 1.99. The average molecular weight is 266 g/mol. The molecule has 0 aromatic carbocycles. The maximum Gasteiger partial charge on any atom is 0.273 e. The molecule has 0 aliphatic heterocycles. The number of aromatic nitrogens is 2. The quantitative estimate of drug-likeness (QED) is 0.634. The molecule has 106 valence electrons. The van der Waals surface area contributed by atoms with Gasteiger partial charge in [-0.3, -0.25) is 9.89 Å². The van der Waals surface area contributed by atoms with E-state index < -0.39 is 0 Å². The number of anilines is 1. The van der Waals surface area contributed by atoms with Crippen molar-refractivity contribution in [1.82, 2.24) is 15.5 Å². The fourth-order valence-corrected chi connectivity index (χ4v) is 2.70. The molecule has 1 aromatic rings. The summed E-state index contributed by atoms with van der Waals surface area (Å²) < 4.78 is 0. The Hall–Kier alpha value is -1.56. The van der Waals surface area contributed by atoms with Gasteiger partial charge in [0.2, 0.25) is 0 Å². The summed E-state index contributed by atoms with van der Waals surface area (Å²) in [5.41, 5.74) is 7.16. The first-order valence-corrected chi connectivity index (χ1v) is 6.83. The van der Waals surface area contributed by atoms with E-state index in [0.29, 0.717) is 18.7 Å². The molecule has 1 fully saturated rings. The number of amides is 1. The second-order valence-electron chi connectivity index (χ2n) is 5.37. The number of aryl methyl sites for hydroxylation is 1. The Kier molecular flexibility index (Phi) is 4.09. The van der Waals surface area contributed by atoms with Gasteiger partial charge in [0.1, 0.15) is 0 Å². The number of carbonyl (C=O) groups excluding carboxylic acids is 1. The van der Waals surface area contributed by atoms with Crippen LogP contribution in [-0.2, 0) is 6.42 Å². The van der Waals surface area contributed by atoms with E-state index in [0.717, 1.165) is 31.4 Å². The van der Waals surface area contributed by atoms with Gasteiger partial charge in [0, 0.05) is 12.0 Å². The number of H-pyrrole nitrogens is 1. The fraction of sp³-hybridized carbons (Fsp3) is 0.692. The summed E-state index contributed by atoms with van der Waals surface area (Å²) in [4.78, 5) is 12.1. The van der Waals surface area contributed by atoms with Crippen LogP contribution in [0.1, 0.15) is 48.8 Å². The van der Waals surface area contributed by atoms with E-state index in [2.05, 4.69) is 15.5 Å². The van der Waals surface area contributed by atoms with Crippen molar-refractivity contribution in [2.45, 2.75) is 39.0 Å². The van der Waals surface area contributed by atoms with Gasteiger partial charge in [0.25, 0.3) is 5.91 Å². The Morgan fingerprint density at radius 2 is 2.21 bits per heavy atom. The second kappa shape index (κ2) is 5.61. The number of hydrogen-bond acceptors (Lipinski definition) is 4. The standard InChI is InChI=1S/C13H22N4O2/c1-2-9-10(14)11(17-16-9)12(19)15-7-13(8-18)5-3-4-6-13/h18H,2-8,14H2,1H3,(H,15,19)(H,16,17). The predicted molar refractivity (Wildman–Crippen MR) is 72.7 cm³/mol. The minimum absolute atomic E-state index is 0.115. The van der Waals surface area contributed by atoms with E-state index >= 15 is 0 Å². The zero-order chi connectivity index (χ0) is 13.9. The lowest BCUT2D eigenvalue weighted by Gasteiger charge is -2.26. The SMILES string of the molecule is CCc1[nH]nc(C(=O)NCC2(CO)CCCC2)c1N. The Morgan fingerprint density at radius 1 is 1.53 bits per heavy atom. The average Bonchev–Trinajstić information content (AvgIpc) is 3.03. The van der Waals surface area contributed by atoms with Gasteiger partial charge >= 0.3 is 0 Å². The zero-order valence-corrected chi connectivity index (χ0v) is 11.3. The van der Waals surface area contributed by atoms with Crippen LogP contribution < -0.4 is 11.1 Å². The van der Waals surface area contributed by atoms with Crippen molar-refractivity contribution in [2.75, 3.05) is 18.9 Å². The van der Waals surface area contributed by atoms with Crippen LogP contribution >= 0.6 is 0 Å². The number of nitrogens with two attached hydrogens (primary N) is 1. The lowest BCUT2D eigenvalue weighted by molar-refractivity contribution is 0.0877. The second-order valence-corrected chi connectivity index (χ2v) is 5.37. The molecule has 0 spiro atoms. The van der Waals surface area contributed by atoms with E-state index in [-0.39, 0.29) is 23.6 Å². The highest BCUT2D eigenvalue weighted by Crippen LogP contribution is 2.36. The maximum absolute atomic E-state index is 12.1. The Labute approximate surface area is 112 Å². The number of aliphatic hydroxyl groups is 1. The van der Waals surface area contributed by atoms with Gasteiger partial charge in [0.05, 0.1) is 18.0 Å². The molecular formula is C13H22N4O2. The van der Waals surface area contributed by atoms with Crippen LogP contribution in [0.4, 0.5) is 5.69 Å². The fourth-order valence-electron chi connectivity index (χ4n) is 2.70. The summed E-state index contributed by atoms with van der Waals surface area (Å²) in [7, 11) is 0. The van der Waals surface area contributed by atoms with Gasteiger partial charge in [-0.25, -0.2) is 0 Å². The number of aromatic amines is 1. The van der Waals surface area contributed by atoms with Crippen LogP contribution in [0.25, 0.3) is 0 Å². The van der Waals surface area contributed by atoms with Gasteiger partial charge in [-0.1, -0.05) is 19.8 Å². The van der Waals surface area contributed by atoms with Gasteiger partial charge < -0.3 is 16.2 Å². The highest BCUT2D eigenvalue weighted by Gasteiger charge is 2.33. The number of hydrogen-bond donors (Lipinski definition) is 4. The van der Waals surface area contributed by atoms with Crippen molar-refractivity contribution < 1.29 is 9.90 Å². The van der Waals surface area contributed by atoms with Crippen LogP contribution in [0.5, 0.6) is 0 Å². The number of carbonyl (C=O) groups is 1. The minimum atomic E-state index is -0.270. The molecule has 0 atom stereocenters. The van der Waals surface area contributed by atoms with E-state index in [1.807, 2.05) is 6.92 Å². The van der Waals surface area contributed by atoms with Crippen LogP contribution in [0.3, 0.4) is 0 Å². The minimum Gasteiger partial charge on any atom is -0.396 e. The van der Waals surface area contributed by atoms with Crippen molar-refractivity contribution in [1.29, 1.82) is 0 Å². The molecule has 1 aliphatic rings. The lowest BCUT2D eigenvalue weighted by atomic mass is 9.87. The lowest BCUT2D eigenvalue weighted by Crippen LogP contribution is -2.38. The van der Waals surface area contributed by atoms with Gasteiger partial charge in [-0.15, -0.1) is 0 Å². The van der Waals surface area contributed by atoms with Gasteiger partial charge in [0.15, 0.2) is 5.69 Å². The third-order valence-electron chi connectivity index (χ3n) is 4.08. The summed E-state index contributed by atoms with van der Waals surface area (Å²) in [6.45, 7) is 2.55. The summed E-state index contributed by atoms with van der Waals surface area (Å²) in [5, 5.41) is 19.1. The first-order chi connectivity index (χ1) is 9.12. The molecule has 1 amide bonds. The van der Waals surface area contributed by atoms with Gasteiger partial charge in [-0.2, -0.15) is 5.10 Å². The van der Waals surface area contributed by atoms with Crippen LogP contribution in [0, 0.1) is 5.41 Å². The molecule has 2 rings (SSSR count). The summed E-state index contributed by atoms with van der Waals surface area (Å²) in [6.07, 6.45) is 4.86. The van der Waals surface area contributed by atoms with Crippen LogP contribution in [-0.4, -0.2) is 34.4 Å². The largest absolute Gasteiger partial charge is 0.396 e. The van der Waals surface area contributed by atoms with Crippen molar-refractivity contribution >= 4 is 11.6 Å². The van der Waals surface area contributed by atoms with Crippen molar-refractivity contribution in [2.24, 2.45) is 5.41 Å². The molecule has 0 radical (unpaired) electrons. The molecule has 0 saturated heterocycles. The highest BCUT2D eigenvalue weighted by atomic mass is 16.3. The molecular weight excluding hydrogens is 244 g/mol. The zero-order valence-electron chi connectivity index (χ0n) is 11.3. The monoisotopic (exact) mass is 266 g/mol. The number of nitrogen functional groups attached to an aromatic ring is 1. The van der Waals surface area contributed by atoms with E-state index in [1.165, 1.54) is 0 Å². The summed E-state index contributed by atoms with van der Waals surface area (Å²) in [5.74, 6) is -0.270. The highest BCUT2D eigenvalue weighted by molar-refractivity contribution is 5.97. The number of rotatable bonds is 5. The molecule has 1 aromatic heterocycles. The predicted octanol–water partition coefficient (Wildman–Crippen LogP) is 0.837. The topological polar surface area (TPSA) is 104 Å². The molecule has 19 heavy (non-hydrogen) atoms. The summed E-state index contributed by atoms with van der Waals surface area (Å²) >= 11 is 0. The van der Waals surface area contributed by atoms with E-state index in [1.54, 1.807) is 0 Å². The molecule has 1 heterocycles. The Morgan fingerprint density at radius 3 is 2.74 bits per heavy atom. The maximum atomic E-state index is 12.1. The number of aliphatic hydroxyl groups excluding tert-OH is 1. The van der Waals surface area contributed by atoms with Crippen LogP contribution in [0.2, 0.25) is 0 Å². The first-order valence-electron chi connectivity index (χ1n) is 6.83. The number of nitrogens with zero attached hydrogens (tertiary/aromatic N) is 1. The molecule has 1 saturated carbocycles.